The fraction of sp³-hybridized carbons (Fsp3) is 0. The van der Waals surface area contributed by atoms with Gasteiger partial charge in [-0.15, -0.1) is 0 Å². The number of benzene rings is 2. The monoisotopic (exact) mass is 354 g/mol. The maximum absolute atomic E-state index is 11.9. The molecule has 1 heterocycles. The van der Waals surface area contributed by atoms with Crippen LogP contribution >= 0.6 is 11.6 Å². The number of halogens is 1. The van der Waals surface area contributed by atoms with Crippen molar-refractivity contribution in [2.75, 3.05) is 0 Å². The van der Waals surface area contributed by atoms with E-state index in [2.05, 4.69) is 4.99 Å². The molecule has 0 radical (unpaired) electrons. The molecule has 0 spiro atoms. The molecule has 6 nitrogen and oxygen atoms in total. The first-order valence-electron chi connectivity index (χ1n) is 7.23. The van der Waals surface area contributed by atoms with Crippen molar-refractivity contribution in [3.05, 3.63) is 92.6 Å². The molecule has 0 aliphatic carbocycles. The number of rotatable bonds is 4. The van der Waals surface area contributed by atoms with Crippen LogP contribution in [0, 0.1) is 10.1 Å². The second kappa shape index (κ2) is 7.11. The van der Waals surface area contributed by atoms with Crippen LogP contribution in [0.2, 0.25) is 5.02 Å². The summed E-state index contributed by atoms with van der Waals surface area (Å²) in [6, 6.07) is 13.1. The molecule has 0 bridgehead atoms. The first-order chi connectivity index (χ1) is 12.0. The third kappa shape index (κ3) is 3.81. The first-order valence-corrected chi connectivity index (χ1v) is 7.61. The van der Waals surface area contributed by atoms with Crippen molar-refractivity contribution in [2.45, 2.75) is 0 Å². The Morgan fingerprint density at radius 2 is 1.96 bits per heavy atom. The highest BCUT2D eigenvalue weighted by Gasteiger charge is 2.24. The van der Waals surface area contributed by atoms with Crippen molar-refractivity contribution in [1.82, 2.24) is 0 Å². The number of aliphatic imine (C=N–C) groups is 1. The number of nitro groups is 1. The number of carbonyl (C=O) groups is 1. The molecule has 124 valence electrons. The molecule has 0 unspecified atom stereocenters. The van der Waals surface area contributed by atoms with E-state index in [-0.39, 0.29) is 17.3 Å². The minimum atomic E-state index is -0.585. The average Bonchev–Trinajstić information content (AvgIpc) is 2.96. The number of hydrogen-bond acceptors (Lipinski definition) is 5. The third-order valence-electron chi connectivity index (χ3n) is 3.35. The van der Waals surface area contributed by atoms with Gasteiger partial charge >= 0.3 is 5.97 Å². The zero-order chi connectivity index (χ0) is 17.8. The van der Waals surface area contributed by atoms with Crippen LogP contribution in [0.4, 0.5) is 5.69 Å². The van der Waals surface area contributed by atoms with Gasteiger partial charge in [-0.05, 0) is 23.8 Å². The SMILES string of the molecule is O=C1OC(c2ccccc2Cl)=N/C1=C\C=C\c1cccc([N+](=O)[O-])c1. The number of nitrogens with zero attached hydrogens (tertiary/aromatic N) is 2. The quantitative estimate of drug-likeness (QED) is 0.357. The van der Waals surface area contributed by atoms with Crippen molar-refractivity contribution < 1.29 is 14.5 Å². The third-order valence-corrected chi connectivity index (χ3v) is 3.68. The molecule has 0 atom stereocenters. The van der Waals surface area contributed by atoms with Gasteiger partial charge in [0.1, 0.15) is 0 Å². The highest BCUT2D eigenvalue weighted by atomic mass is 35.5. The number of hydrogen-bond donors (Lipinski definition) is 0. The van der Waals surface area contributed by atoms with Crippen LogP contribution in [-0.2, 0) is 9.53 Å². The standard InChI is InChI=1S/C18H11ClN2O4/c19-15-9-2-1-8-14(15)17-20-16(18(22)25-17)10-4-6-12-5-3-7-13(11-12)21(23)24/h1-11H/b6-4+,16-10-. The number of cyclic esters (lactones) is 1. The number of allylic oxidation sites excluding steroid dienone is 2. The molecule has 25 heavy (non-hydrogen) atoms. The molecule has 0 aromatic heterocycles. The van der Waals surface area contributed by atoms with E-state index in [1.807, 2.05) is 0 Å². The van der Waals surface area contributed by atoms with Crippen LogP contribution in [0.5, 0.6) is 0 Å². The van der Waals surface area contributed by atoms with Crippen molar-refractivity contribution in [3.63, 3.8) is 0 Å². The maximum Gasteiger partial charge on any atom is 0.363 e. The van der Waals surface area contributed by atoms with Gasteiger partial charge in [-0.1, -0.05) is 48.0 Å². The molecule has 7 heteroatoms. The highest BCUT2D eigenvalue weighted by molar-refractivity contribution is 6.34. The fourth-order valence-corrected chi connectivity index (χ4v) is 2.38. The molecule has 0 saturated heterocycles. The average molecular weight is 355 g/mol. The lowest BCUT2D eigenvalue weighted by molar-refractivity contribution is -0.384. The van der Waals surface area contributed by atoms with Gasteiger partial charge in [0.05, 0.1) is 15.5 Å². The number of carbonyl (C=O) groups excluding carboxylic acids is 1. The van der Waals surface area contributed by atoms with E-state index in [0.29, 0.717) is 16.1 Å². The van der Waals surface area contributed by atoms with Gasteiger partial charge in [0.25, 0.3) is 5.69 Å². The Balaban J connectivity index is 1.82. The van der Waals surface area contributed by atoms with Gasteiger partial charge in [-0.3, -0.25) is 10.1 Å². The Labute approximate surface area is 147 Å². The Morgan fingerprint density at radius 3 is 2.72 bits per heavy atom. The number of non-ortho nitro benzene ring substituents is 1. The van der Waals surface area contributed by atoms with Crippen LogP contribution in [0.1, 0.15) is 11.1 Å². The van der Waals surface area contributed by atoms with Gasteiger partial charge in [0, 0.05) is 12.1 Å². The first kappa shape index (κ1) is 16.6. The van der Waals surface area contributed by atoms with E-state index in [1.165, 1.54) is 18.2 Å². The Hall–Kier alpha value is -3.25. The number of esters is 1. The van der Waals surface area contributed by atoms with E-state index in [9.17, 15) is 14.9 Å². The molecular weight excluding hydrogens is 344 g/mol. The summed E-state index contributed by atoms with van der Waals surface area (Å²) in [6.45, 7) is 0. The van der Waals surface area contributed by atoms with Crippen LogP contribution in [0.25, 0.3) is 6.08 Å². The molecular formula is C18H11ClN2O4. The number of ether oxygens (including phenoxy) is 1. The maximum atomic E-state index is 11.9. The summed E-state index contributed by atoms with van der Waals surface area (Å²) in [5, 5.41) is 11.2. The van der Waals surface area contributed by atoms with Crippen LogP contribution in [-0.4, -0.2) is 16.8 Å². The van der Waals surface area contributed by atoms with Gasteiger partial charge in [-0.2, -0.15) is 0 Å². The second-order valence-electron chi connectivity index (χ2n) is 5.05. The van der Waals surface area contributed by atoms with Crippen molar-refractivity contribution >= 4 is 35.2 Å². The lowest BCUT2D eigenvalue weighted by Gasteiger charge is -2.00. The fourth-order valence-electron chi connectivity index (χ4n) is 2.17. The minimum Gasteiger partial charge on any atom is -0.402 e. The molecule has 0 fully saturated rings. The minimum absolute atomic E-state index is 0.00546. The van der Waals surface area contributed by atoms with E-state index < -0.39 is 10.9 Å². The zero-order valence-corrected chi connectivity index (χ0v) is 13.5. The summed E-state index contributed by atoms with van der Waals surface area (Å²) < 4.78 is 5.13. The summed E-state index contributed by atoms with van der Waals surface area (Å²) in [4.78, 5) is 26.3. The molecule has 1 aliphatic heterocycles. The molecule has 3 rings (SSSR count). The largest absolute Gasteiger partial charge is 0.402 e. The van der Waals surface area contributed by atoms with E-state index in [1.54, 1.807) is 48.6 Å². The molecule has 2 aromatic carbocycles. The summed E-state index contributed by atoms with van der Waals surface area (Å²) in [7, 11) is 0. The van der Waals surface area contributed by atoms with Crippen LogP contribution in [0.3, 0.4) is 0 Å². The Morgan fingerprint density at radius 1 is 1.16 bits per heavy atom. The van der Waals surface area contributed by atoms with Gasteiger partial charge in [0.15, 0.2) is 5.70 Å². The molecule has 0 saturated carbocycles. The molecule has 0 N–H and O–H groups in total. The topological polar surface area (TPSA) is 81.8 Å². The predicted octanol–water partition coefficient (Wildman–Crippen LogP) is 4.15. The van der Waals surface area contributed by atoms with Gasteiger partial charge in [-0.25, -0.2) is 9.79 Å². The molecule has 2 aromatic rings. The van der Waals surface area contributed by atoms with E-state index in [4.69, 9.17) is 16.3 Å². The Kier molecular flexibility index (Phi) is 4.72. The van der Waals surface area contributed by atoms with Crippen molar-refractivity contribution in [2.24, 2.45) is 4.99 Å². The van der Waals surface area contributed by atoms with Crippen molar-refractivity contribution in [1.29, 1.82) is 0 Å². The van der Waals surface area contributed by atoms with Gasteiger partial charge in [0.2, 0.25) is 5.90 Å². The highest BCUT2D eigenvalue weighted by Crippen LogP contribution is 2.22. The lowest BCUT2D eigenvalue weighted by atomic mass is 10.2. The normalized spacial score (nSPS) is 15.5. The molecule has 1 aliphatic rings. The second-order valence-corrected chi connectivity index (χ2v) is 5.46. The van der Waals surface area contributed by atoms with E-state index >= 15 is 0 Å². The van der Waals surface area contributed by atoms with Crippen LogP contribution < -0.4 is 0 Å². The lowest BCUT2D eigenvalue weighted by Crippen LogP contribution is -2.05. The zero-order valence-electron chi connectivity index (χ0n) is 12.8. The summed E-state index contributed by atoms with van der Waals surface area (Å²) in [6.07, 6.45) is 4.69. The van der Waals surface area contributed by atoms with E-state index in [0.717, 1.165) is 0 Å². The number of nitro benzene ring substituents is 1. The summed E-state index contributed by atoms with van der Waals surface area (Å²) in [5.41, 5.74) is 1.28. The Bertz CT molecular complexity index is 948. The predicted molar refractivity (Wildman–Crippen MR) is 94.3 cm³/mol. The summed E-state index contributed by atoms with van der Waals surface area (Å²) in [5.74, 6) is -0.441. The van der Waals surface area contributed by atoms with Crippen LogP contribution in [0.15, 0.2) is 71.4 Å². The smallest absolute Gasteiger partial charge is 0.363 e. The van der Waals surface area contributed by atoms with Gasteiger partial charge < -0.3 is 4.74 Å². The molecule has 0 amide bonds. The van der Waals surface area contributed by atoms with Crippen molar-refractivity contribution in [3.8, 4) is 0 Å². The summed E-state index contributed by atoms with van der Waals surface area (Å²) >= 11 is 6.06.